The number of halogens is 1. The molecule has 2 aromatic rings. The van der Waals surface area contributed by atoms with E-state index in [4.69, 9.17) is 5.73 Å². The molecule has 0 radical (unpaired) electrons. The molecular formula is C15H16FN. The molecule has 1 atom stereocenters. The van der Waals surface area contributed by atoms with Gasteiger partial charge in [0.15, 0.2) is 0 Å². The molecule has 0 fully saturated rings. The summed E-state index contributed by atoms with van der Waals surface area (Å²) in [6, 6.07) is 14.6. The number of aryl methyl sites for hydroxylation is 1. The molecule has 2 aromatic carbocycles. The van der Waals surface area contributed by atoms with Crippen molar-refractivity contribution in [2.75, 3.05) is 0 Å². The lowest BCUT2D eigenvalue weighted by Gasteiger charge is -2.12. The van der Waals surface area contributed by atoms with Gasteiger partial charge in [-0.05, 0) is 36.6 Å². The van der Waals surface area contributed by atoms with Crippen LogP contribution in [0.1, 0.15) is 22.7 Å². The minimum atomic E-state index is -0.210. The third-order valence-electron chi connectivity index (χ3n) is 2.85. The normalized spacial score (nSPS) is 12.4. The number of rotatable bonds is 3. The molecule has 17 heavy (non-hydrogen) atoms. The van der Waals surface area contributed by atoms with Crippen LogP contribution in [0, 0.1) is 12.7 Å². The Morgan fingerprint density at radius 2 is 1.82 bits per heavy atom. The fourth-order valence-electron chi connectivity index (χ4n) is 1.85. The molecule has 0 saturated heterocycles. The third kappa shape index (κ3) is 3.14. The Kier molecular flexibility index (Phi) is 3.55. The summed E-state index contributed by atoms with van der Waals surface area (Å²) >= 11 is 0. The zero-order chi connectivity index (χ0) is 12.3. The Hall–Kier alpha value is -1.67. The Balaban J connectivity index is 2.11. The molecule has 1 unspecified atom stereocenters. The van der Waals surface area contributed by atoms with Crippen molar-refractivity contribution in [3.63, 3.8) is 0 Å². The van der Waals surface area contributed by atoms with Crippen LogP contribution < -0.4 is 5.73 Å². The SMILES string of the molecule is Cc1ccc(C(N)Cc2cccc(F)c2)cc1. The van der Waals surface area contributed by atoms with Gasteiger partial charge >= 0.3 is 0 Å². The summed E-state index contributed by atoms with van der Waals surface area (Å²) in [5.41, 5.74) is 9.33. The summed E-state index contributed by atoms with van der Waals surface area (Å²) in [7, 11) is 0. The summed E-state index contributed by atoms with van der Waals surface area (Å²) in [5, 5.41) is 0. The van der Waals surface area contributed by atoms with E-state index in [2.05, 4.69) is 0 Å². The van der Waals surface area contributed by atoms with Crippen LogP contribution in [0.2, 0.25) is 0 Å². The van der Waals surface area contributed by atoms with Gasteiger partial charge in [0.2, 0.25) is 0 Å². The lowest BCUT2D eigenvalue weighted by Crippen LogP contribution is -2.13. The first-order chi connectivity index (χ1) is 8.15. The predicted molar refractivity (Wildman–Crippen MR) is 68.2 cm³/mol. The summed E-state index contributed by atoms with van der Waals surface area (Å²) in [4.78, 5) is 0. The van der Waals surface area contributed by atoms with Crippen molar-refractivity contribution in [1.29, 1.82) is 0 Å². The topological polar surface area (TPSA) is 26.0 Å². The molecule has 2 heteroatoms. The van der Waals surface area contributed by atoms with Gasteiger partial charge in [0.1, 0.15) is 5.82 Å². The zero-order valence-corrected chi connectivity index (χ0v) is 9.86. The molecule has 0 aliphatic carbocycles. The van der Waals surface area contributed by atoms with Gasteiger partial charge in [-0.3, -0.25) is 0 Å². The molecule has 0 aliphatic rings. The number of benzene rings is 2. The minimum Gasteiger partial charge on any atom is -0.324 e. The second-order valence-electron chi connectivity index (χ2n) is 4.35. The zero-order valence-electron chi connectivity index (χ0n) is 9.86. The van der Waals surface area contributed by atoms with Crippen LogP contribution in [-0.4, -0.2) is 0 Å². The number of hydrogen-bond acceptors (Lipinski definition) is 1. The highest BCUT2D eigenvalue weighted by atomic mass is 19.1. The second-order valence-corrected chi connectivity index (χ2v) is 4.35. The highest BCUT2D eigenvalue weighted by Gasteiger charge is 2.07. The molecule has 0 aromatic heterocycles. The molecule has 0 bridgehead atoms. The molecule has 2 rings (SSSR count). The van der Waals surface area contributed by atoms with Crippen LogP contribution in [-0.2, 0) is 6.42 Å². The van der Waals surface area contributed by atoms with E-state index in [0.29, 0.717) is 6.42 Å². The smallest absolute Gasteiger partial charge is 0.123 e. The lowest BCUT2D eigenvalue weighted by molar-refractivity contribution is 0.622. The summed E-state index contributed by atoms with van der Waals surface area (Å²) in [5.74, 6) is -0.210. The molecule has 88 valence electrons. The Morgan fingerprint density at radius 3 is 2.47 bits per heavy atom. The number of hydrogen-bond donors (Lipinski definition) is 1. The van der Waals surface area contributed by atoms with Crippen LogP contribution in [0.25, 0.3) is 0 Å². The quantitative estimate of drug-likeness (QED) is 0.858. The molecule has 0 saturated carbocycles. The third-order valence-corrected chi connectivity index (χ3v) is 2.85. The maximum atomic E-state index is 13.0. The van der Waals surface area contributed by atoms with E-state index in [1.807, 2.05) is 37.3 Å². The van der Waals surface area contributed by atoms with Crippen LogP contribution >= 0.6 is 0 Å². The van der Waals surface area contributed by atoms with Crippen molar-refractivity contribution in [3.05, 3.63) is 71.0 Å². The summed E-state index contributed by atoms with van der Waals surface area (Å²) in [6.45, 7) is 2.04. The Morgan fingerprint density at radius 1 is 1.12 bits per heavy atom. The average molecular weight is 229 g/mol. The molecular weight excluding hydrogens is 213 g/mol. The standard InChI is InChI=1S/C15H16FN/c1-11-5-7-13(8-6-11)15(17)10-12-3-2-4-14(16)9-12/h2-9,15H,10,17H2,1H3. The van der Waals surface area contributed by atoms with Crippen molar-refractivity contribution < 1.29 is 4.39 Å². The predicted octanol–water partition coefficient (Wildman–Crippen LogP) is 3.38. The van der Waals surface area contributed by atoms with Crippen molar-refractivity contribution in [2.24, 2.45) is 5.73 Å². The minimum absolute atomic E-state index is 0.0857. The van der Waals surface area contributed by atoms with Gasteiger partial charge in [0.05, 0.1) is 0 Å². The largest absolute Gasteiger partial charge is 0.324 e. The molecule has 2 N–H and O–H groups in total. The van der Waals surface area contributed by atoms with Crippen LogP contribution in [0.15, 0.2) is 48.5 Å². The number of nitrogens with two attached hydrogens (primary N) is 1. The van der Waals surface area contributed by atoms with Gasteiger partial charge in [-0.1, -0.05) is 42.0 Å². The van der Waals surface area contributed by atoms with Gasteiger partial charge in [-0.25, -0.2) is 4.39 Å². The van der Waals surface area contributed by atoms with E-state index in [1.165, 1.54) is 17.7 Å². The molecule has 0 heterocycles. The van der Waals surface area contributed by atoms with E-state index >= 15 is 0 Å². The van der Waals surface area contributed by atoms with Gasteiger partial charge in [0.25, 0.3) is 0 Å². The Labute approximate surface area is 101 Å². The van der Waals surface area contributed by atoms with Crippen molar-refractivity contribution in [1.82, 2.24) is 0 Å². The van der Waals surface area contributed by atoms with E-state index in [0.717, 1.165) is 11.1 Å². The first-order valence-corrected chi connectivity index (χ1v) is 5.72. The van der Waals surface area contributed by atoms with E-state index in [9.17, 15) is 4.39 Å². The maximum absolute atomic E-state index is 13.0. The summed E-state index contributed by atoms with van der Waals surface area (Å²) in [6.07, 6.45) is 0.654. The van der Waals surface area contributed by atoms with Crippen molar-refractivity contribution >= 4 is 0 Å². The second kappa shape index (κ2) is 5.11. The van der Waals surface area contributed by atoms with E-state index in [-0.39, 0.29) is 11.9 Å². The van der Waals surface area contributed by atoms with Crippen molar-refractivity contribution in [2.45, 2.75) is 19.4 Å². The molecule has 0 aliphatic heterocycles. The highest BCUT2D eigenvalue weighted by molar-refractivity contribution is 5.26. The highest BCUT2D eigenvalue weighted by Crippen LogP contribution is 2.17. The van der Waals surface area contributed by atoms with Crippen LogP contribution in [0.4, 0.5) is 4.39 Å². The molecule has 0 amide bonds. The van der Waals surface area contributed by atoms with Gasteiger partial charge in [0, 0.05) is 6.04 Å². The molecule has 1 nitrogen and oxygen atoms in total. The maximum Gasteiger partial charge on any atom is 0.123 e. The Bertz CT molecular complexity index is 491. The fourth-order valence-corrected chi connectivity index (χ4v) is 1.85. The van der Waals surface area contributed by atoms with Gasteiger partial charge in [-0.15, -0.1) is 0 Å². The van der Waals surface area contributed by atoms with E-state index < -0.39 is 0 Å². The van der Waals surface area contributed by atoms with Gasteiger partial charge in [-0.2, -0.15) is 0 Å². The average Bonchev–Trinajstić information content (AvgIpc) is 2.29. The fraction of sp³-hybridized carbons (Fsp3) is 0.200. The van der Waals surface area contributed by atoms with Gasteiger partial charge < -0.3 is 5.73 Å². The van der Waals surface area contributed by atoms with Crippen molar-refractivity contribution in [3.8, 4) is 0 Å². The first-order valence-electron chi connectivity index (χ1n) is 5.72. The monoisotopic (exact) mass is 229 g/mol. The lowest BCUT2D eigenvalue weighted by atomic mass is 9.99. The first kappa shape index (κ1) is 11.8. The van der Waals surface area contributed by atoms with Crippen LogP contribution in [0.5, 0.6) is 0 Å². The van der Waals surface area contributed by atoms with Crippen LogP contribution in [0.3, 0.4) is 0 Å². The molecule has 0 spiro atoms. The summed E-state index contributed by atoms with van der Waals surface area (Å²) < 4.78 is 13.0. The van der Waals surface area contributed by atoms with E-state index in [1.54, 1.807) is 6.07 Å².